The fourth-order valence-corrected chi connectivity index (χ4v) is 4.00. The van der Waals surface area contributed by atoms with Gasteiger partial charge in [0.2, 0.25) is 0 Å². The van der Waals surface area contributed by atoms with Crippen LogP contribution in [0.1, 0.15) is 34.0 Å². The van der Waals surface area contributed by atoms with Crippen molar-refractivity contribution in [2.75, 3.05) is 32.8 Å². The zero-order valence-corrected chi connectivity index (χ0v) is 19.5. The fourth-order valence-electron chi connectivity index (χ4n) is 4.00. The molecule has 0 N–H and O–H groups in total. The van der Waals surface area contributed by atoms with E-state index in [1.54, 1.807) is 0 Å². The first-order valence-electron chi connectivity index (χ1n) is 11.6. The number of rotatable bonds is 8. The van der Waals surface area contributed by atoms with Crippen molar-refractivity contribution < 1.29 is 14.3 Å². The number of nitrogens with zero attached hydrogens (tertiary/aromatic N) is 2. The average molecular weight is 445 g/mol. The van der Waals surface area contributed by atoms with E-state index in [9.17, 15) is 4.79 Å². The van der Waals surface area contributed by atoms with Gasteiger partial charge in [-0.05, 0) is 61.4 Å². The number of piperazine rings is 1. The Morgan fingerprint density at radius 3 is 2.15 bits per heavy atom. The van der Waals surface area contributed by atoms with Gasteiger partial charge in [-0.1, -0.05) is 42.0 Å². The molecule has 1 fully saturated rings. The number of carbonyl (C=O) groups excluding carboxylic acids is 1. The minimum atomic E-state index is 0.0907. The molecule has 0 aliphatic carbocycles. The maximum Gasteiger partial charge on any atom is 0.253 e. The minimum Gasteiger partial charge on any atom is -0.494 e. The van der Waals surface area contributed by atoms with Crippen molar-refractivity contribution in [3.05, 3.63) is 95.1 Å². The van der Waals surface area contributed by atoms with E-state index >= 15 is 0 Å². The second kappa shape index (κ2) is 11.0. The van der Waals surface area contributed by atoms with Crippen LogP contribution in [0, 0.1) is 6.92 Å². The predicted molar refractivity (Wildman–Crippen MR) is 131 cm³/mol. The van der Waals surface area contributed by atoms with Gasteiger partial charge in [-0.3, -0.25) is 9.69 Å². The lowest BCUT2D eigenvalue weighted by Gasteiger charge is -2.35. The van der Waals surface area contributed by atoms with Gasteiger partial charge in [0, 0.05) is 38.3 Å². The van der Waals surface area contributed by atoms with E-state index in [-0.39, 0.29) is 5.91 Å². The molecule has 172 valence electrons. The molecule has 1 aliphatic rings. The molecule has 1 aliphatic heterocycles. The van der Waals surface area contributed by atoms with E-state index in [4.69, 9.17) is 9.47 Å². The van der Waals surface area contributed by atoms with Gasteiger partial charge in [-0.15, -0.1) is 0 Å². The van der Waals surface area contributed by atoms with E-state index in [2.05, 4.69) is 36.1 Å². The topological polar surface area (TPSA) is 42.0 Å². The number of carbonyl (C=O) groups is 1. The van der Waals surface area contributed by atoms with Crippen LogP contribution in [0.25, 0.3) is 0 Å². The summed E-state index contributed by atoms with van der Waals surface area (Å²) in [6.45, 7) is 9.33. The smallest absolute Gasteiger partial charge is 0.253 e. The Morgan fingerprint density at radius 2 is 1.48 bits per heavy atom. The first-order valence-corrected chi connectivity index (χ1v) is 11.6. The Labute approximate surface area is 196 Å². The van der Waals surface area contributed by atoms with Crippen LogP contribution in [-0.4, -0.2) is 48.5 Å². The summed E-state index contributed by atoms with van der Waals surface area (Å²) < 4.78 is 11.4. The van der Waals surface area contributed by atoms with E-state index in [0.717, 1.165) is 55.3 Å². The molecule has 1 heterocycles. The van der Waals surface area contributed by atoms with Gasteiger partial charge in [0.05, 0.1) is 6.61 Å². The molecule has 5 heteroatoms. The zero-order valence-electron chi connectivity index (χ0n) is 19.5. The Kier molecular flexibility index (Phi) is 7.63. The van der Waals surface area contributed by atoms with Gasteiger partial charge in [0.25, 0.3) is 5.91 Å². The maximum absolute atomic E-state index is 13.1. The molecular formula is C28H32N2O3. The monoisotopic (exact) mass is 444 g/mol. The van der Waals surface area contributed by atoms with Crippen molar-refractivity contribution in [1.29, 1.82) is 0 Å². The number of hydrogen-bond acceptors (Lipinski definition) is 4. The Hall–Kier alpha value is -3.31. The normalized spacial score (nSPS) is 14.2. The molecule has 0 saturated carbocycles. The van der Waals surface area contributed by atoms with E-state index in [1.165, 1.54) is 11.1 Å². The molecule has 0 spiro atoms. The third kappa shape index (κ3) is 6.36. The molecule has 0 bridgehead atoms. The second-order valence-electron chi connectivity index (χ2n) is 8.45. The van der Waals surface area contributed by atoms with Crippen LogP contribution in [0.3, 0.4) is 0 Å². The highest BCUT2D eigenvalue weighted by molar-refractivity contribution is 5.94. The molecular weight excluding hydrogens is 412 g/mol. The third-order valence-corrected chi connectivity index (χ3v) is 5.90. The summed E-state index contributed by atoms with van der Waals surface area (Å²) in [6.07, 6.45) is 0. The van der Waals surface area contributed by atoms with Crippen LogP contribution in [0.2, 0.25) is 0 Å². The summed E-state index contributed by atoms with van der Waals surface area (Å²) in [5, 5.41) is 0. The third-order valence-electron chi connectivity index (χ3n) is 5.90. The quantitative estimate of drug-likeness (QED) is 0.494. The summed E-state index contributed by atoms with van der Waals surface area (Å²) >= 11 is 0. The highest BCUT2D eigenvalue weighted by Crippen LogP contribution is 2.19. The van der Waals surface area contributed by atoms with Crippen LogP contribution in [-0.2, 0) is 13.2 Å². The summed E-state index contributed by atoms with van der Waals surface area (Å²) in [7, 11) is 0. The first-order chi connectivity index (χ1) is 16.1. The van der Waals surface area contributed by atoms with Gasteiger partial charge in [0.15, 0.2) is 0 Å². The summed E-state index contributed by atoms with van der Waals surface area (Å²) in [5.74, 6) is 1.70. The molecule has 0 radical (unpaired) electrons. The lowest BCUT2D eigenvalue weighted by molar-refractivity contribution is 0.0628. The molecule has 3 aromatic rings. The number of ether oxygens (including phenoxy) is 2. The molecule has 0 unspecified atom stereocenters. The van der Waals surface area contributed by atoms with Crippen molar-refractivity contribution in [3.63, 3.8) is 0 Å². The van der Waals surface area contributed by atoms with E-state index in [1.807, 2.05) is 60.4 Å². The molecule has 1 amide bonds. The molecule has 0 atom stereocenters. The van der Waals surface area contributed by atoms with Gasteiger partial charge in [0.1, 0.15) is 18.1 Å². The van der Waals surface area contributed by atoms with Gasteiger partial charge >= 0.3 is 0 Å². The fraction of sp³-hybridized carbons (Fsp3) is 0.321. The van der Waals surface area contributed by atoms with Crippen LogP contribution in [0.5, 0.6) is 11.5 Å². The molecule has 0 aromatic heterocycles. The summed E-state index contributed by atoms with van der Waals surface area (Å²) in [5.41, 5.74) is 4.30. The van der Waals surface area contributed by atoms with Crippen LogP contribution in [0.15, 0.2) is 72.8 Å². The van der Waals surface area contributed by atoms with Gasteiger partial charge < -0.3 is 14.4 Å². The number of aryl methyl sites for hydroxylation is 1. The SMILES string of the molecule is CCOc1ccc(OCc2cccc(C(=O)N3CCN(Cc4ccc(C)cc4)CC3)c2)cc1. The molecule has 4 rings (SSSR count). The number of amides is 1. The van der Waals surface area contributed by atoms with Crippen molar-refractivity contribution in [2.45, 2.75) is 27.0 Å². The number of hydrogen-bond donors (Lipinski definition) is 0. The Bertz CT molecular complexity index is 1040. The largest absolute Gasteiger partial charge is 0.494 e. The second-order valence-corrected chi connectivity index (χ2v) is 8.45. The molecule has 33 heavy (non-hydrogen) atoms. The van der Waals surface area contributed by atoms with Crippen molar-refractivity contribution in [1.82, 2.24) is 9.80 Å². The van der Waals surface area contributed by atoms with Crippen LogP contribution < -0.4 is 9.47 Å². The Balaban J connectivity index is 1.29. The number of benzene rings is 3. The lowest BCUT2D eigenvalue weighted by Crippen LogP contribution is -2.48. The molecule has 5 nitrogen and oxygen atoms in total. The molecule has 1 saturated heterocycles. The van der Waals surface area contributed by atoms with Crippen LogP contribution in [0.4, 0.5) is 0 Å². The van der Waals surface area contributed by atoms with Crippen molar-refractivity contribution in [2.24, 2.45) is 0 Å². The average Bonchev–Trinajstić information content (AvgIpc) is 2.85. The first kappa shape index (κ1) is 22.9. The highest BCUT2D eigenvalue weighted by Gasteiger charge is 2.22. The lowest BCUT2D eigenvalue weighted by atomic mass is 10.1. The maximum atomic E-state index is 13.1. The summed E-state index contributed by atoms with van der Waals surface area (Å²) in [6, 6.07) is 24.0. The standard InChI is InChI=1S/C28H32N2O3/c1-3-32-26-11-13-27(14-12-26)33-21-24-5-4-6-25(19-24)28(31)30-17-15-29(16-18-30)20-23-9-7-22(2)8-10-23/h4-14,19H,3,15-18,20-21H2,1-2H3. The predicted octanol–water partition coefficient (Wildman–Crippen LogP) is 4.93. The van der Waals surface area contributed by atoms with Crippen molar-refractivity contribution >= 4 is 5.91 Å². The minimum absolute atomic E-state index is 0.0907. The Morgan fingerprint density at radius 1 is 0.818 bits per heavy atom. The van der Waals surface area contributed by atoms with Crippen molar-refractivity contribution in [3.8, 4) is 11.5 Å². The van der Waals surface area contributed by atoms with Gasteiger partial charge in [-0.25, -0.2) is 0 Å². The van der Waals surface area contributed by atoms with Crippen LogP contribution >= 0.6 is 0 Å². The zero-order chi connectivity index (χ0) is 23.0. The van der Waals surface area contributed by atoms with E-state index < -0.39 is 0 Å². The van der Waals surface area contributed by atoms with Gasteiger partial charge in [-0.2, -0.15) is 0 Å². The highest BCUT2D eigenvalue weighted by atomic mass is 16.5. The summed E-state index contributed by atoms with van der Waals surface area (Å²) in [4.78, 5) is 17.4. The molecule has 3 aromatic carbocycles. The van der Waals surface area contributed by atoms with E-state index in [0.29, 0.717) is 13.2 Å².